The van der Waals surface area contributed by atoms with Crippen LogP contribution in [-0.4, -0.2) is 57.8 Å². The molecule has 8 heteroatoms. The Morgan fingerprint density at radius 2 is 1.81 bits per heavy atom. The Kier molecular flexibility index (Phi) is 6.37. The second kappa shape index (κ2) is 9.36. The minimum Gasteiger partial charge on any atom is -0.341 e. The topological polar surface area (TPSA) is 78.4 Å². The maximum Gasteiger partial charge on any atom is 0.253 e. The highest BCUT2D eigenvalue weighted by atomic mass is 35.5. The van der Waals surface area contributed by atoms with E-state index in [9.17, 15) is 9.59 Å². The number of nitrogens with one attached hydrogen (secondary N) is 1. The third-order valence-corrected chi connectivity index (χ3v) is 5.93. The van der Waals surface area contributed by atoms with Crippen molar-refractivity contribution in [2.24, 2.45) is 0 Å². The second-order valence-corrected chi connectivity index (χ2v) is 8.23. The number of likely N-dealkylation sites (tertiary alicyclic amines) is 1. The van der Waals surface area contributed by atoms with E-state index in [2.05, 4.69) is 15.3 Å². The lowest BCUT2D eigenvalue weighted by Crippen LogP contribution is -2.38. The number of aromatic nitrogens is 2. The van der Waals surface area contributed by atoms with Gasteiger partial charge in [0, 0.05) is 55.1 Å². The molecule has 0 saturated carbocycles. The van der Waals surface area contributed by atoms with E-state index in [1.807, 2.05) is 42.5 Å². The Morgan fingerprint density at radius 3 is 2.50 bits per heavy atom. The summed E-state index contributed by atoms with van der Waals surface area (Å²) in [6, 6.07) is 16.6. The summed E-state index contributed by atoms with van der Waals surface area (Å²) in [6.45, 7) is 2.75. The normalized spacial score (nSPS) is 15.5. The molecular weight excluding hydrogens is 426 g/mol. The number of likely N-dealkylation sites (N-methyl/N-ethyl adjacent to an activating group) is 1. The Bertz CT molecular complexity index is 1120. The third-order valence-electron chi connectivity index (χ3n) is 5.68. The number of hydrogen-bond acceptors (Lipinski definition) is 5. The number of carbonyl (C=O) groups is 2. The molecule has 2 aromatic carbocycles. The lowest BCUT2D eigenvalue weighted by Gasteiger charge is -2.23. The largest absolute Gasteiger partial charge is 0.341 e. The first-order chi connectivity index (χ1) is 15.4. The van der Waals surface area contributed by atoms with Crippen LogP contribution in [0.15, 0.2) is 60.8 Å². The zero-order valence-corrected chi connectivity index (χ0v) is 18.7. The summed E-state index contributed by atoms with van der Waals surface area (Å²) in [4.78, 5) is 36.8. The SMILES string of the molecule is CC(=O)N(C)C1CCN(C(=O)c2ccc(Nc3nccc(-c4ccc(Cl)cc4)n3)cc2)C1. The second-order valence-electron chi connectivity index (χ2n) is 7.80. The van der Waals surface area contributed by atoms with Crippen molar-refractivity contribution in [1.29, 1.82) is 0 Å². The number of halogens is 1. The highest BCUT2D eigenvalue weighted by Crippen LogP contribution is 2.22. The molecule has 2 amide bonds. The number of amides is 2. The molecule has 0 bridgehead atoms. The molecule has 1 saturated heterocycles. The monoisotopic (exact) mass is 449 g/mol. The van der Waals surface area contributed by atoms with Crippen LogP contribution in [0.1, 0.15) is 23.7 Å². The van der Waals surface area contributed by atoms with Crippen LogP contribution in [0.2, 0.25) is 5.02 Å². The first-order valence-corrected chi connectivity index (χ1v) is 10.8. The van der Waals surface area contributed by atoms with Gasteiger partial charge in [0.25, 0.3) is 5.91 Å². The van der Waals surface area contributed by atoms with E-state index in [0.717, 1.165) is 23.4 Å². The van der Waals surface area contributed by atoms with Crippen LogP contribution in [0, 0.1) is 0 Å². The Balaban J connectivity index is 1.41. The fraction of sp³-hybridized carbons (Fsp3) is 0.250. The number of benzene rings is 2. The molecule has 1 N–H and O–H groups in total. The predicted molar refractivity (Wildman–Crippen MR) is 125 cm³/mol. The first kappa shape index (κ1) is 21.8. The molecule has 164 valence electrons. The number of rotatable bonds is 5. The molecule has 1 atom stereocenters. The van der Waals surface area contributed by atoms with E-state index >= 15 is 0 Å². The van der Waals surface area contributed by atoms with Crippen molar-refractivity contribution in [2.75, 3.05) is 25.5 Å². The number of hydrogen-bond donors (Lipinski definition) is 1. The maximum atomic E-state index is 12.8. The van der Waals surface area contributed by atoms with Gasteiger partial charge in [0.2, 0.25) is 11.9 Å². The van der Waals surface area contributed by atoms with Crippen LogP contribution in [-0.2, 0) is 4.79 Å². The molecule has 1 aliphatic rings. The van der Waals surface area contributed by atoms with Gasteiger partial charge in [0.1, 0.15) is 0 Å². The van der Waals surface area contributed by atoms with Gasteiger partial charge in [0.05, 0.1) is 11.7 Å². The van der Waals surface area contributed by atoms with Crippen molar-refractivity contribution in [3.05, 3.63) is 71.4 Å². The van der Waals surface area contributed by atoms with E-state index in [1.165, 1.54) is 0 Å². The summed E-state index contributed by atoms with van der Waals surface area (Å²) in [5, 5.41) is 3.85. The van der Waals surface area contributed by atoms with E-state index in [0.29, 0.717) is 29.6 Å². The first-order valence-electron chi connectivity index (χ1n) is 10.4. The Morgan fingerprint density at radius 1 is 1.09 bits per heavy atom. The molecular formula is C24H24ClN5O2. The minimum atomic E-state index is -0.0306. The minimum absolute atomic E-state index is 0.0158. The number of nitrogens with zero attached hydrogens (tertiary/aromatic N) is 4. The summed E-state index contributed by atoms with van der Waals surface area (Å²) >= 11 is 5.96. The maximum absolute atomic E-state index is 12.8. The van der Waals surface area contributed by atoms with Crippen molar-refractivity contribution in [3.8, 4) is 11.3 Å². The number of anilines is 2. The predicted octanol–water partition coefficient (Wildman–Crippen LogP) is 4.23. The van der Waals surface area contributed by atoms with Gasteiger partial charge >= 0.3 is 0 Å². The summed E-state index contributed by atoms with van der Waals surface area (Å²) in [5.41, 5.74) is 3.12. The van der Waals surface area contributed by atoms with Crippen LogP contribution in [0.5, 0.6) is 0 Å². The summed E-state index contributed by atoms with van der Waals surface area (Å²) in [7, 11) is 1.78. The molecule has 2 heterocycles. The molecule has 1 aromatic heterocycles. The molecule has 4 rings (SSSR count). The van der Waals surface area contributed by atoms with E-state index in [1.54, 1.807) is 42.1 Å². The van der Waals surface area contributed by atoms with Crippen molar-refractivity contribution in [3.63, 3.8) is 0 Å². The van der Waals surface area contributed by atoms with Crippen molar-refractivity contribution >= 4 is 35.1 Å². The van der Waals surface area contributed by atoms with Crippen LogP contribution in [0.4, 0.5) is 11.6 Å². The average molecular weight is 450 g/mol. The molecule has 0 spiro atoms. The van der Waals surface area contributed by atoms with Gasteiger partial charge < -0.3 is 15.1 Å². The van der Waals surface area contributed by atoms with E-state index < -0.39 is 0 Å². The van der Waals surface area contributed by atoms with E-state index in [4.69, 9.17) is 11.6 Å². The summed E-state index contributed by atoms with van der Waals surface area (Å²) < 4.78 is 0. The smallest absolute Gasteiger partial charge is 0.253 e. The Labute approximate surface area is 192 Å². The molecule has 32 heavy (non-hydrogen) atoms. The highest BCUT2D eigenvalue weighted by molar-refractivity contribution is 6.30. The average Bonchev–Trinajstić information content (AvgIpc) is 3.29. The molecule has 0 aliphatic carbocycles. The van der Waals surface area contributed by atoms with Crippen LogP contribution >= 0.6 is 11.6 Å². The molecule has 0 radical (unpaired) electrons. The molecule has 1 fully saturated rings. The zero-order valence-electron chi connectivity index (χ0n) is 18.0. The van der Waals surface area contributed by atoms with Gasteiger partial charge in [-0.1, -0.05) is 23.7 Å². The van der Waals surface area contributed by atoms with Gasteiger partial charge in [-0.3, -0.25) is 9.59 Å². The van der Waals surface area contributed by atoms with Crippen molar-refractivity contribution < 1.29 is 9.59 Å². The van der Waals surface area contributed by atoms with Crippen LogP contribution in [0.3, 0.4) is 0 Å². The lowest BCUT2D eigenvalue weighted by atomic mass is 10.1. The molecule has 1 unspecified atom stereocenters. The van der Waals surface area contributed by atoms with Gasteiger partial charge in [-0.15, -0.1) is 0 Å². The van der Waals surface area contributed by atoms with Gasteiger partial charge in [0.15, 0.2) is 0 Å². The lowest BCUT2D eigenvalue weighted by molar-refractivity contribution is -0.129. The van der Waals surface area contributed by atoms with Crippen molar-refractivity contribution in [2.45, 2.75) is 19.4 Å². The third kappa shape index (κ3) is 4.89. The summed E-state index contributed by atoms with van der Waals surface area (Å²) in [6.07, 6.45) is 2.49. The molecule has 7 nitrogen and oxygen atoms in total. The summed E-state index contributed by atoms with van der Waals surface area (Å²) in [5.74, 6) is 0.449. The zero-order chi connectivity index (χ0) is 22.7. The highest BCUT2D eigenvalue weighted by Gasteiger charge is 2.30. The van der Waals surface area contributed by atoms with Crippen LogP contribution < -0.4 is 5.32 Å². The van der Waals surface area contributed by atoms with Gasteiger partial charge in [-0.25, -0.2) is 9.97 Å². The fourth-order valence-electron chi connectivity index (χ4n) is 3.71. The fourth-order valence-corrected chi connectivity index (χ4v) is 3.83. The molecule has 1 aliphatic heterocycles. The van der Waals surface area contributed by atoms with Gasteiger partial charge in [-0.2, -0.15) is 0 Å². The Hall–Kier alpha value is -3.45. The molecule has 3 aromatic rings. The van der Waals surface area contributed by atoms with Crippen LogP contribution in [0.25, 0.3) is 11.3 Å². The quantitative estimate of drug-likeness (QED) is 0.630. The standard InChI is InChI=1S/C24H24ClN5O2/c1-16(31)29(2)21-12-14-30(15-21)23(32)18-5-9-20(10-6-18)27-24-26-13-11-22(28-24)17-3-7-19(25)8-4-17/h3-11,13,21H,12,14-15H2,1-2H3,(H,26,27,28). The van der Waals surface area contributed by atoms with Gasteiger partial charge in [-0.05, 0) is 48.9 Å². The number of carbonyl (C=O) groups excluding carboxylic acids is 2. The van der Waals surface area contributed by atoms with Crippen molar-refractivity contribution in [1.82, 2.24) is 19.8 Å². The van der Waals surface area contributed by atoms with E-state index in [-0.39, 0.29) is 17.9 Å².